The molecule has 4 rings (SSSR count). The lowest BCUT2D eigenvalue weighted by Gasteiger charge is -2.15. The van der Waals surface area contributed by atoms with Gasteiger partial charge in [0.25, 0.3) is 17.7 Å². The number of amides is 3. The van der Waals surface area contributed by atoms with E-state index in [1.807, 2.05) is 0 Å². The third kappa shape index (κ3) is 4.53. The molecule has 0 aliphatic carbocycles. The average Bonchev–Trinajstić information content (AvgIpc) is 3.03. The van der Waals surface area contributed by atoms with Crippen LogP contribution in [0.4, 0.5) is 17.1 Å². The molecule has 7 nitrogen and oxygen atoms in total. The van der Waals surface area contributed by atoms with E-state index in [4.69, 9.17) is 11.6 Å². The smallest absolute Gasteiger partial charge is 0.283 e. The van der Waals surface area contributed by atoms with E-state index < -0.39 is 11.8 Å². The van der Waals surface area contributed by atoms with Crippen molar-refractivity contribution in [3.63, 3.8) is 0 Å². The Hall–Kier alpha value is -4.23. The van der Waals surface area contributed by atoms with E-state index >= 15 is 0 Å². The molecule has 0 radical (unpaired) electrons. The molecule has 2 N–H and O–H groups in total. The second kappa shape index (κ2) is 9.10. The number of carbonyl (C=O) groups is 4. The molecular formula is C25H18ClN3O4. The van der Waals surface area contributed by atoms with Crippen LogP contribution in [-0.4, -0.2) is 23.5 Å². The van der Waals surface area contributed by atoms with Gasteiger partial charge in [-0.15, -0.1) is 0 Å². The minimum Gasteiger partial charge on any atom is -0.350 e. The zero-order valence-corrected chi connectivity index (χ0v) is 18.2. The number of hydrogen-bond donors (Lipinski definition) is 2. The molecule has 3 aromatic carbocycles. The van der Waals surface area contributed by atoms with Crippen LogP contribution in [-0.2, 0) is 9.59 Å². The maximum atomic E-state index is 12.9. The van der Waals surface area contributed by atoms with E-state index in [0.717, 1.165) is 4.90 Å². The second-order valence-electron chi connectivity index (χ2n) is 7.26. The summed E-state index contributed by atoms with van der Waals surface area (Å²) in [6.07, 6.45) is 0. The van der Waals surface area contributed by atoms with Crippen molar-refractivity contribution in [1.82, 2.24) is 0 Å². The van der Waals surface area contributed by atoms with Gasteiger partial charge < -0.3 is 10.6 Å². The minimum absolute atomic E-state index is 0.0645. The molecule has 164 valence electrons. The molecule has 0 aromatic heterocycles. The third-order valence-corrected chi connectivity index (χ3v) is 5.34. The molecular weight excluding hydrogens is 442 g/mol. The number of hydrogen-bond acceptors (Lipinski definition) is 5. The molecule has 0 atom stereocenters. The van der Waals surface area contributed by atoms with Crippen molar-refractivity contribution < 1.29 is 19.2 Å². The number of imide groups is 1. The molecule has 0 unspecified atom stereocenters. The van der Waals surface area contributed by atoms with Crippen LogP contribution >= 0.6 is 11.6 Å². The van der Waals surface area contributed by atoms with Crippen molar-refractivity contribution >= 4 is 52.2 Å². The van der Waals surface area contributed by atoms with E-state index in [0.29, 0.717) is 28.2 Å². The van der Waals surface area contributed by atoms with Crippen molar-refractivity contribution in [1.29, 1.82) is 0 Å². The van der Waals surface area contributed by atoms with Gasteiger partial charge in [0.2, 0.25) is 0 Å². The fraction of sp³-hybridized carbons (Fsp3) is 0.0400. The molecule has 1 heterocycles. The SMILES string of the molecule is CC(=O)c1ccc(NC(=O)c2cccc(NC3=C(Cl)C(=O)N(c4ccccc4)C3=O)c2)cc1. The lowest BCUT2D eigenvalue weighted by Crippen LogP contribution is -2.32. The highest BCUT2D eigenvalue weighted by atomic mass is 35.5. The highest BCUT2D eigenvalue weighted by Gasteiger charge is 2.38. The Bertz CT molecular complexity index is 1300. The number of nitrogens with one attached hydrogen (secondary N) is 2. The number of para-hydroxylation sites is 1. The Kier molecular flexibility index (Phi) is 6.06. The first-order chi connectivity index (χ1) is 15.8. The number of ketones is 1. The third-order valence-electron chi connectivity index (χ3n) is 4.99. The topological polar surface area (TPSA) is 95.6 Å². The van der Waals surface area contributed by atoms with E-state index in [2.05, 4.69) is 10.6 Å². The monoisotopic (exact) mass is 459 g/mol. The van der Waals surface area contributed by atoms with Crippen LogP contribution in [0.2, 0.25) is 0 Å². The fourth-order valence-electron chi connectivity index (χ4n) is 3.30. The van der Waals surface area contributed by atoms with Crippen molar-refractivity contribution in [3.05, 3.63) is 101 Å². The largest absolute Gasteiger partial charge is 0.350 e. The van der Waals surface area contributed by atoms with Gasteiger partial charge in [0, 0.05) is 22.5 Å². The normalized spacial score (nSPS) is 13.3. The molecule has 0 saturated carbocycles. The highest BCUT2D eigenvalue weighted by Crippen LogP contribution is 2.30. The van der Waals surface area contributed by atoms with Crippen LogP contribution in [0.15, 0.2) is 89.6 Å². The zero-order valence-electron chi connectivity index (χ0n) is 17.5. The number of benzene rings is 3. The van der Waals surface area contributed by atoms with Crippen molar-refractivity contribution in [3.8, 4) is 0 Å². The van der Waals surface area contributed by atoms with Gasteiger partial charge in [0.15, 0.2) is 5.78 Å². The molecule has 3 amide bonds. The Morgan fingerprint density at radius 3 is 2.15 bits per heavy atom. The molecule has 3 aromatic rings. The van der Waals surface area contributed by atoms with E-state index in [-0.39, 0.29) is 22.4 Å². The number of nitrogens with zero attached hydrogens (tertiary/aromatic N) is 1. The first-order valence-corrected chi connectivity index (χ1v) is 10.4. The first-order valence-electron chi connectivity index (χ1n) is 9.98. The summed E-state index contributed by atoms with van der Waals surface area (Å²) in [5, 5.41) is 5.39. The van der Waals surface area contributed by atoms with Crippen LogP contribution < -0.4 is 15.5 Å². The van der Waals surface area contributed by atoms with Crippen LogP contribution in [0.5, 0.6) is 0 Å². The average molecular weight is 460 g/mol. The van der Waals surface area contributed by atoms with Crippen LogP contribution in [0.1, 0.15) is 27.6 Å². The molecule has 0 spiro atoms. The van der Waals surface area contributed by atoms with Crippen LogP contribution in [0.25, 0.3) is 0 Å². The summed E-state index contributed by atoms with van der Waals surface area (Å²) in [4.78, 5) is 50.5. The summed E-state index contributed by atoms with van der Waals surface area (Å²) < 4.78 is 0. The van der Waals surface area contributed by atoms with Gasteiger partial charge in [0.05, 0.1) is 5.69 Å². The maximum Gasteiger partial charge on any atom is 0.283 e. The Morgan fingerprint density at radius 2 is 1.48 bits per heavy atom. The van der Waals surface area contributed by atoms with Crippen LogP contribution in [0.3, 0.4) is 0 Å². The molecule has 33 heavy (non-hydrogen) atoms. The zero-order chi connectivity index (χ0) is 23.5. The Labute approximate surface area is 194 Å². The predicted molar refractivity (Wildman–Crippen MR) is 126 cm³/mol. The molecule has 0 fully saturated rings. The summed E-state index contributed by atoms with van der Waals surface area (Å²) in [6, 6.07) is 21.5. The minimum atomic E-state index is -0.627. The van der Waals surface area contributed by atoms with Gasteiger partial charge in [0.1, 0.15) is 10.7 Å². The predicted octanol–water partition coefficient (Wildman–Crippen LogP) is 4.58. The Morgan fingerprint density at radius 1 is 0.788 bits per heavy atom. The summed E-state index contributed by atoms with van der Waals surface area (Å²) in [5.41, 5.74) is 2.16. The van der Waals surface area contributed by atoms with Crippen molar-refractivity contribution in [2.45, 2.75) is 6.92 Å². The summed E-state index contributed by atoms with van der Waals surface area (Å²) in [7, 11) is 0. The quantitative estimate of drug-likeness (QED) is 0.415. The van der Waals surface area contributed by atoms with Gasteiger partial charge in [-0.25, -0.2) is 4.90 Å². The number of carbonyl (C=O) groups excluding carboxylic acids is 4. The van der Waals surface area contributed by atoms with Crippen LogP contribution in [0, 0.1) is 0 Å². The number of halogens is 1. The van der Waals surface area contributed by atoms with E-state index in [9.17, 15) is 19.2 Å². The number of rotatable bonds is 6. The molecule has 8 heteroatoms. The molecule has 1 aliphatic heterocycles. The van der Waals surface area contributed by atoms with Gasteiger partial charge in [-0.3, -0.25) is 19.2 Å². The standard InChI is InChI=1S/C25H18ClN3O4/c1-15(30)16-10-12-18(13-11-16)28-23(31)17-6-5-7-19(14-17)27-22-21(26)24(32)29(25(22)33)20-8-3-2-4-9-20/h2-14,27H,1H3,(H,28,31). The molecule has 0 saturated heterocycles. The lowest BCUT2D eigenvalue weighted by molar-refractivity contribution is -0.120. The van der Waals surface area contributed by atoms with Gasteiger partial charge in [-0.1, -0.05) is 35.9 Å². The fourth-order valence-corrected chi connectivity index (χ4v) is 3.51. The first kappa shape index (κ1) is 22.0. The summed E-state index contributed by atoms with van der Waals surface area (Å²) in [5.74, 6) is -1.66. The summed E-state index contributed by atoms with van der Waals surface area (Å²) >= 11 is 6.16. The van der Waals surface area contributed by atoms with Gasteiger partial charge in [-0.2, -0.15) is 0 Å². The number of Topliss-reactive ketones (excluding diaryl/α,β-unsaturated/α-hetero) is 1. The lowest BCUT2D eigenvalue weighted by atomic mass is 10.1. The molecule has 1 aliphatic rings. The van der Waals surface area contributed by atoms with Crippen molar-refractivity contribution in [2.24, 2.45) is 0 Å². The van der Waals surface area contributed by atoms with Crippen molar-refractivity contribution in [2.75, 3.05) is 15.5 Å². The van der Waals surface area contributed by atoms with Gasteiger partial charge >= 0.3 is 0 Å². The van der Waals surface area contributed by atoms with Gasteiger partial charge in [-0.05, 0) is 61.5 Å². The highest BCUT2D eigenvalue weighted by molar-refractivity contribution is 6.53. The maximum absolute atomic E-state index is 12.9. The molecule has 0 bridgehead atoms. The Balaban J connectivity index is 1.51. The van der Waals surface area contributed by atoms with E-state index in [1.54, 1.807) is 78.9 Å². The second-order valence-corrected chi connectivity index (χ2v) is 7.64. The van der Waals surface area contributed by atoms with E-state index in [1.165, 1.54) is 6.92 Å². The number of anilines is 3. The summed E-state index contributed by atoms with van der Waals surface area (Å²) in [6.45, 7) is 1.47.